The Kier molecular flexibility index (Phi) is 3.68. The minimum absolute atomic E-state index is 0.0294. The predicted molar refractivity (Wildman–Crippen MR) is 61.3 cm³/mol. The van der Waals surface area contributed by atoms with Crippen LogP contribution in [0.25, 0.3) is 6.08 Å². The van der Waals surface area contributed by atoms with Gasteiger partial charge in [-0.1, -0.05) is 24.8 Å². The molecule has 1 rings (SSSR count). The molecular formula is C10H12N2O3S. The van der Waals surface area contributed by atoms with Gasteiger partial charge in [-0.3, -0.25) is 0 Å². The second kappa shape index (κ2) is 4.80. The van der Waals surface area contributed by atoms with E-state index in [0.29, 0.717) is 0 Å². The van der Waals surface area contributed by atoms with E-state index in [1.807, 2.05) is 4.72 Å². The van der Waals surface area contributed by atoms with E-state index in [0.717, 1.165) is 5.56 Å². The predicted octanol–water partition coefficient (Wildman–Crippen LogP) is 0.947. The van der Waals surface area contributed by atoms with E-state index < -0.39 is 16.1 Å². The minimum Gasteiger partial charge on any atom is -0.340 e. The maximum Gasteiger partial charge on any atom is 0.328 e. The molecule has 0 aromatic heterocycles. The highest BCUT2D eigenvalue weighted by atomic mass is 32.2. The molecule has 2 amide bonds. The van der Waals surface area contributed by atoms with Crippen molar-refractivity contribution in [3.05, 3.63) is 36.4 Å². The van der Waals surface area contributed by atoms with Gasteiger partial charge in [0.05, 0.1) is 4.90 Å². The van der Waals surface area contributed by atoms with Crippen molar-refractivity contribution in [3.63, 3.8) is 0 Å². The van der Waals surface area contributed by atoms with Crippen LogP contribution in [0.3, 0.4) is 0 Å². The molecule has 86 valence electrons. The average molecular weight is 240 g/mol. The highest BCUT2D eigenvalue weighted by molar-refractivity contribution is 7.90. The molecule has 0 heterocycles. The summed E-state index contributed by atoms with van der Waals surface area (Å²) in [7, 11) is -2.45. The van der Waals surface area contributed by atoms with E-state index in [1.165, 1.54) is 19.2 Å². The van der Waals surface area contributed by atoms with Gasteiger partial charge in [-0.2, -0.15) is 0 Å². The molecule has 2 N–H and O–H groups in total. The Labute approximate surface area is 94.2 Å². The fraction of sp³-hybridized carbons (Fsp3) is 0.100. The first-order chi connectivity index (χ1) is 7.49. The lowest BCUT2D eigenvalue weighted by Crippen LogP contribution is -2.37. The molecule has 1 aromatic rings. The first kappa shape index (κ1) is 12.3. The van der Waals surface area contributed by atoms with Crippen LogP contribution in [0.15, 0.2) is 35.7 Å². The van der Waals surface area contributed by atoms with E-state index >= 15 is 0 Å². The second-order valence-corrected chi connectivity index (χ2v) is 4.64. The Hall–Kier alpha value is -1.82. The van der Waals surface area contributed by atoms with Crippen molar-refractivity contribution in [2.75, 3.05) is 7.05 Å². The second-order valence-electron chi connectivity index (χ2n) is 2.96. The lowest BCUT2D eigenvalue weighted by Gasteiger charge is -2.06. The van der Waals surface area contributed by atoms with Crippen molar-refractivity contribution in [2.24, 2.45) is 0 Å². The molecule has 0 aliphatic carbocycles. The van der Waals surface area contributed by atoms with Crippen molar-refractivity contribution < 1.29 is 13.2 Å². The summed E-state index contributed by atoms with van der Waals surface area (Å²) in [6, 6.07) is 5.24. The van der Waals surface area contributed by atoms with E-state index in [1.54, 1.807) is 18.2 Å². The van der Waals surface area contributed by atoms with Crippen LogP contribution in [0.1, 0.15) is 5.56 Å². The number of benzene rings is 1. The summed E-state index contributed by atoms with van der Waals surface area (Å²) in [6.07, 6.45) is 1.60. The maximum atomic E-state index is 11.6. The minimum atomic E-state index is -3.79. The van der Waals surface area contributed by atoms with Gasteiger partial charge in [0.25, 0.3) is 10.0 Å². The largest absolute Gasteiger partial charge is 0.340 e. The maximum absolute atomic E-state index is 11.6. The van der Waals surface area contributed by atoms with Crippen molar-refractivity contribution in [1.29, 1.82) is 0 Å². The molecule has 0 unspecified atom stereocenters. The van der Waals surface area contributed by atoms with Crippen LogP contribution in [0.2, 0.25) is 0 Å². The van der Waals surface area contributed by atoms with Crippen LogP contribution < -0.4 is 10.0 Å². The molecule has 0 saturated carbocycles. The Morgan fingerprint density at radius 2 is 1.88 bits per heavy atom. The van der Waals surface area contributed by atoms with E-state index in [-0.39, 0.29) is 4.90 Å². The van der Waals surface area contributed by atoms with Crippen LogP contribution >= 0.6 is 0 Å². The molecule has 0 aliphatic heterocycles. The van der Waals surface area contributed by atoms with Crippen LogP contribution in [0.5, 0.6) is 0 Å². The number of carbonyl (C=O) groups is 1. The van der Waals surface area contributed by atoms with Gasteiger partial charge in [0, 0.05) is 7.05 Å². The molecule has 5 nitrogen and oxygen atoms in total. The Balaban J connectivity index is 2.98. The summed E-state index contributed by atoms with van der Waals surface area (Å²) >= 11 is 0. The first-order valence-corrected chi connectivity index (χ1v) is 5.95. The summed E-state index contributed by atoms with van der Waals surface area (Å²) in [5.74, 6) is 0. The highest BCUT2D eigenvalue weighted by Gasteiger charge is 2.15. The van der Waals surface area contributed by atoms with Gasteiger partial charge in [0.1, 0.15) is 0 Å². The van der Waals surface area contributed by atoms with Crippen LogP contribution in [0, 0.1) is 0 Å². The fourth-order valence-electron chi connectivity index (χ4n) is 1.02. The van der Waals surface area contributed by atoms with Gasteiger partial charge >= 0.3 is 6.03 Å². The van der Waals surface area contributed by atoms with Gasteiger partial charge < -0.3 is 5.32 Å². The lowest BCUT2D eigenvalue weighted by molar-refractivity contribution is 0.248. The smallest absolute Gasteiger partial charge is 0.328 e. The van der Waals surface area contributed by atoms with E-state index in [9.17, 15) is 13.2 Å². The van der Waals surface area contributed by atoms with Crippen LogP contribution in [-0.4, -0.2) is 21.5 Å². The van der Waals surface area contributed by atoms with Crippen molar-refractivity contribution >= 4 is 22.1 Å². The summed E-state index contributed by atoms with van der Waals surface area (Å²) in [4.78, 5) is 10.9. The fourth-order valence-corrected chi connectivity index (χ4v) is 1.97. The van der Waals surface area contributed by atoms with Gasteiger partial charge in [-0.05, 0) is 17.7 Å². The normalized spacial score (nSPS) is 10.6. The van der Waals surface area contributed by atoms with Crippen molar-refractivity contribution in [1.82, 2.24) is 10.0 Å². The number of hydrogen-bond acceptors (Lipinski definition) is 3. The highest BCUT2D eigenvalue weighted by Crippen LogP contribution is 2.10. The Bertz CT molecular complexity index is 491. The SMILES string of the molecule is C=Cc1ccc(S(=O)(=O)NC(=O)NC)cc1. The summed E-state index contributed by atoms with van der Waals surface area (Å²) in [6.45, 7) is 3.56. The average Bonchev–Trinajstić information content (AvgIpc) is 2.28. The number of nitrogens with one attached hydrogen (secondary N) is 2. The van der Waals surface area contributed by atoms with Crippen LogP contribution in [-0.2, 0) is 10.0 Å². The van der Waals surface area contributed by atoms with Crippen LogP contribution in [0.4, 0.5) is 4.79 Å². The Morgan fingerprint density at radius 1 is 1.31 bits per heavy atom. The molecular weight excluding hydrogens is 228 g/mol. The van der Waals surface area contributed by atoms with E-state index in [4.69, 9.17) is 0 Å². The van der Waals surface area contributed by atoms with Gasteiger partial charge in [0.15, 0.2) is 0 Å². The zero-order chi connectivity index (χ0) is 12.2. The molecule has 0 spiro atoms. The molecule has 0 radical (unpaired) electrons. The quantitative estimate of drug-likeness (QED) is 0.825. The standard InChI is InChI=1S/C10H12N2O3S/c1-3-8-4-6-9(7-5-8)16(14,15)12-10(13)11-2/h3-7H,1H2,2H3,(H2,11,12,13). The number of sulfonamides is 1. The van der Waals surface area contributed by atoms with Crippen molar-refractivity contribution in [2.45, 2.75) is 4.90 Å². The third-order valence-electron chi connectivity index (χ3n) is 1.88. The van der Waals surface area contributed by atoms with Crippen molar-refractivity contribution in [3.8, 4) is 0 Å². The third-order valence-corrected chi connectivity index (χ3v) is 3.23. The van der Waals surface area contributed by atoms with E-state index in [2.05, 4.69) is 11.9 Å². The number of hydrogen-bond donors (Lipinski definition) is 2. The van der Waals surface area contributed by atoms with Gasteiger partial charge in [-0.25, -0.2) is 17.9 Å². The lowest BCUT2D eigenvalue weighted by atomic mass is 10.2. The zero-order valence-corrected chi connectivity index (χ0v) is 9.54. The van der Waals surface area contributed by atoms with Gasteiger partial charge in [-0.15, -0.1) is 0 Å². The summed E-state index contributed by atoms with van der Waals surface area (Å²) < 4.78 is 25.1. The zero-order valence-electron chi connectivity index (χ0n) is 8.73. The molecule has 1 aromatic carbocycles. The molecule has 0 bridgehead atoms. The molecule has 0 atom stereocenters. The third kappa shape index (κ3) is 2.83. The number of rotatable bonds is 3. The Morgan fingerprint density at radius 3 is 2.31 bits per heavy atom. The first-order valence-electron chi connectivity index (χ1n) is 4.46. The number of urea groups is 1. The molecule has 0 aliphatic rings. The summed E-state index contributed by atoms with van der Waals surface area (Å²) in [5.41, 5.74) is 0.805. The molecule has 0 saturated heterocycles. The molecule has 16 heavy (non-hydrogen) atoms. The number of amides is 2. The summed E-state index contributed by atoms with van der Waals surface area (Å²) in [5, 5.41) is 2.17. The topological polar surface area (TPSA) is 75.3 Å². The monoisotopic (exact) mass is 240 g/mol. The van der Waals surface area contributed by atoms with Gasteiger partial charge in [0.2, 0.25) is 0 Å². The molecule has 6 heteroatoms. The molecule has 0 fully saturated rings. The number of carbonyl (C=O) groups excluding carboxylic acids is 1.